The van der Waals surface area contributed by atoms with Crippen molar-refractivity contribution in [2.45, 2.75) is 23.6 Å². The van der Waals surface area contributed by atoms with Crippen molar-refractivity contribution in [1.82, 2.24) is 0 Å². The highest BCUT2D eigenvalue weighted by molar-refractivity contribution is 7.99. The minimum Gasteiger partial charge on any atom is -0.0895 e. The normalized spacial score (nSPS) is 11.2. The maximum atomic E-state index is 2.25. The molecule has 0 saturated carbocycles. The molecule has 4 aromatic carbocycles. The number of benzene rings is 4. The number of rotatable bonds is 2. The molecule has 0 aliphatic carbocycles. The molecule has 0 saturated heterocycles. The van der Waals surface area contributed by atoms with E-state index in [9.17, 15) is 0 Å². The molecule has 0 N–H and O–H groups in total. The fraction of sp³-hybridized carbons (Fsp3) is 0.0909. The fourth-order valence-corrected chi connectivity index (χ4v) is 4.19. The zero-order valence-electron chi connectivity index (χ0n) is 13.3. The Hall–Kier alpha value is -2.25. The van der Waals surface area contributed by atoms with Gasteiger partial charge in [-0.15, -0.1) is 0 Å². The van der Waals surface area contributed by atoms with E-state index in [-0.39, 0.29) is 0 Å². The second-order valence-corrected chi connectivity index (χ2v) is 7.01. The molecule has 1 heteroatoms. The number of fused-ring (bicyclic) bond motifs is 2. The van der Waals surface area contributed by atoms with E-state index in [0.29, 0.717) is 0 Å². The Kier molecular flexibility index (Phi) is 3.59. The van der Waals surface area contributed by atoms with Crippen LogP contribution < -0.4 is 0 Å². The second kappa shape index (κ2) is 5.75. The van der Waals surface area contributed by atoms with E-state index in [1.54, 1.807) is 0 Å². The molecule has 0 aliphatic heterocycles. The van der Waals surface area contributed by atoms with E-state index in [2.05, 4.69) is 86.6 Å². The van der Waals surface area contributed by atoms with Gasteiger partial charge in [-0.25, -0.2) is 0 Å². The molecule has 0 nitrogen and oxygen atoms in total. The van der Waals surface area contributed by atoms with Gasteiger partial charge in [-0.1, -0.05) is 72.4 Å². The highest BCUT2D eigenvalue weighted by Crippen LogP contribution is 2.37. The Morgan fingerprint density at radius 1 is 0.522 bits per heavy atom. The van der Waals surface area contributed by atoms with Crippen molar-refractivity contribution >= 4 is 33.3 Å². The lowest BCUT2D eigenvalue weighted by molar-refractivity contribution is 1.30. The van der Waals surface area contributed by atoms with E-state index >= 15 is 0 Å². The number of aryl methyl sites for hydroxylation is 2. The van der Waals surface area contributed by atoms with Crippen LogP contribution in [0.25, 0.3) is 21.5 Å². The minimum absolute atomic E-state index is 1.31. The van der Waals surface area contributed by atoms with Crippen molar-refractivity contribution in [3.8, 4) is 0 Å². The molecule has 0 heterocycles. The van der Waals surface area contributed by atoms with Gasteiger partial charge in [0.25, 0.3) is 0 Å². The van der Waals surface area contributed by atoms with E-state index in [4.69, 9.17) is 0 Å². The third kappa shape index (κ3) is 2.51. The van der Waals surface area contributed by atoms with Gasteiger partial charge in [0, 0.05) is 9.79 Å². The smallest absolute Gasteiger partial charge is 0.0158 e. The zero-order chi connectivity index (χ0) is 15.8. The van der Waals surface area contributed by atoms with Crippen molar-refractivity contribution < 1.29 is 0 Å². The Balaban J connectivity index is 1.82. The van der Waals surface area contributed by atoms with E-state index in [1.807, 2.05) is 11.8 Å². The van der Waals surface area contributed by atoms with Crippen LogP contribution in [0.15, 0.2) is 82.6 Å². The third-order valence-corrected chi connectivity index (χ3v) is 5.84. The van der Waals surface area contributed by atoms with Gasteiger partial charge in [-0.3, -0.25) is 0 Å². The fourth-order valence-electron chi connectivity index (χ4n) is 3.15. The summed E-state index contributed by atoms with van der Waals surface area (Å²) < 4.78 is 0. The van der Waals surface area contributed by atoms with Crippen molar-refractivity contribution in [1.29, 1.82) is 0 Å². The van der Waals surface area contributed by atoms with Crippen LogP contribution >= 0.6 is 11.8 Å². The molecule has 4 rings (SSSR count). The average Bonchev–Trinajstić information content (AvgIpc) is 2.60. The summed E-state index contributed by atoms with van der Waals surface area (Å²) in [7, 11) is 0. The molecule has 0 spiro atoms. The quantitative estimate of drug-likeness (QED) is 0.394. The number of hydrogen-bond donors (Lipinski definition) is 0. The first-order chi connectivity index (χ1) is 11.2. The van der Waals surface area contributed by atoms with E-state index in [0.717, 1.165) is 0 Å². The van der Waals surface area contributed by atoms with Crippen LogP contribution in [0.4, 0.5) is 0 Å². The first-order valence-electron chi connectivity index (χ1n) is 7.88. The molecule has 4 aromatic rings. The zero-order valence-corrected chi connectivity index (χ0v) is 14.2. The largest absolute Gasteiger partial charge is 0.0895 e. The van der Waals surface area contributed by atoms with E-state index in [1.165, 1.54) is 42.5 Å². The molecule has 0 aromatic heterocycles. The highest BCUT2D eigenvalue weighted by Gasteiger charge is 2.08. The van der Waals surface area contributed by atoms with Gasteiger partial charge in [-0.05, 0) is 58.7 Å². The first kappa shape index (κ1) is 14.3. The van der Waals surface area contributed by atoms with Crippen LogP contribution in [-0.4, -0.2) is 0 Å². The summed E-state index contributed by atoms with van der Waals surface area (Å²) in [5, 5.41) is 5.31. The molecular weight excluding hydrogens is 296 g/mol. The Morgan fingerprint density at radius 2 is 0.957 bits per heavy atom. The Morgan fingerprint density at radius 3 is 1.43 bits per heavy atom. The van der Waals surface area contributed by atoms with Gasteiger partial charge in [0.05, 0.1) is 0 Å². The van der Waals surface area contributed by atoms with Crippen molar-refractivity contribution in [3.63, 3.8) is 0 Å². The van der Waals surface area contributed by atoms with Crippen molar-refractivity contribution in [3.05, 3.63) is 83.9 Å². The monoisotopic (exact) mass is 314 g/mol. The second-order valence-electron chi connectivity index (χ2n) is 5.92. The van der Waals surface area contributed by atoms with Crippen molar-refractivity contribution in [2.75, 3.05) is 0 Å². The van der Waals surface area contributed by atoms with Crippen LogP contribution in [0, 0.1) is 13.8 Å². The molecule has 0 fully saturated rings. The van der Waals surface area contributed by atoms with Crippen LogP contribution in [0.3, 0.4) is 0 Å². The molecule has 0 radical (unpaired) electrons. The van der Waals surface area contributed by atoms with Gasteiger partial charge in [-0.2, -0.15) is 0 Å². The van der Waals surface area contributed by atoms with Crippen LogP contribution in [-0.2, 0) is 0 Å². The first-order valence-corrected chi connectivity index (χ1v) is 8.70. The standard InChI is InChI=1S/C22H18S/c1-15-19-9-5-3-7-17(19)11-13-21(15)23-22-14-12-18-8-4-6-10-20(18)16(22)2/h3-14H,1-2H3. The highest BCUT2D eigenvalue weighted by atomic mass is 32.2. The summed E-state index contributed by atoms with van der Waals surface area (Å²) >= 11 is 1.87. The van der Waals surface area contributed by atoms with Gasteiger partial charge < -0.3 is 0 Å². The number of hydrogen-bond acceptors (Lipinski definition) is 1. The maximum Gasteiger partial charge on any atom is 0.0158 e. The summed E-state index contributed by atoms with van der Waals surface area (Å²) in [6, 6.07) is 26.1. The van der Waals surface area contributed by atoms with Gasteiger partial charge in [0.2, 0.25) is 0 Å². The Bertz CT molecular complexity index is 931. The maximum absolute atomic E-state index is 2.25. The lowest BCUT2D eigenvalue weighted by atomic mass is 10.1. The molecule has 0 amide bonds. The molecule has 0 aliphatic rings. The summed E-state index contributed by atoms with van der Waals surface area (Å²) in [6.45, 7) is 4.45. The lowest BCUT2D eigenvalue weighted by Crippen LogP contribution is -1.86. The van der Waals surface area contributed by atoms with Gasteiger partial charge in [0.1, 0.15) is 0 Å². The van der Waals surface area contributed by atoms with Crippen LogP contribution in [0.5, 0.6) is 0 Å². The molecule has 0 bridgehead atoms. The van der Waals surface area contributed by atoms with Gasteiger partial charge >= 0.3 is 0 Å². The third-order valence-electron chi connectivity index (χ3n) is 4.52. The molecular formula is C22H18S. The Labute approximate surface area is 141 Å². The topological polar surface area (TPSA) is 0 Å². The molecule has 0 atom stereocenters. The molecule has 112 valence electrons. The van der Waals surface area contributed by atoms with Crippen LogP contribution in [0.1, 0.15) is 11.1 Å². The SMILES string of the molecule is Cc1c(Sc2ccc3ccccc3c2C)ccc2ccccc12. The lowest BCUT2D eigenvalue weighted by Gasteiger charge is -2.12. The molecule has 0 unspecified atom stereocenters. The van der Waals surface area contributed by atoms with Gasteiger partial charge in [0.15, 0.2) is 0 Å². The van der Waals surface area contributed by atoms with E-state index < -0.39 is 0 Å². The molecule has 23 heavy (non-hydrogen) atoms. The predicted octanol–water partition coefficient (Wildman–Crippen LogP) is 6.76. The summed E-state index contributed by atoms with van der Waals surface area (Å²) in [5.41, 5.74) is 2.72. The predicted molar refractivity (Wildman–Crippen MR) is 101 cm³/mol. The summed E-state index contributed by atoms with van der Waals surface area (Å²) in [6.07, 6.45) is 0. The van der Waals surface area contributed by atoms with Crippen molar-refractivity contribution in [2.24, 2.45) is 0 Å². The average molecular weight is 314 g/mol. The van der Waals surface area contributed by atoms with Crippen LogP contribution in [0.2, 0.25) is 0 Å². The minimum atomic E-state index is 1.31. The summed E-state index contributed by atoms with van der Waals surface area (Å²) in [5.74, 6) is 0. The summed E-state index contributed by atoms with van der Waals surface area (Å²) in [4.78, 5) is 2.67.